The van der Waals surface area contributed by atoms with Crippen LogP contribution < -0.4 is 0 Å². The van der Waals surface area contributed by atoms with E-state index < -0.39 is 5.97 Å². The smallest absolute Gasteiger partial charge is 0.346 e. The molecule has 1 N–H and O–H groups in total. The van der Waals surface area contributed by atoms with Crippen molar-refractivity contribution in [3.05, 3.63) is 10.6 Å². The molecule has 0 rings (SSSR count). The Bertz CT molecular complexity index is 167. The van der Waals surface area contributed by atoms with Gasteiger partial charge in [-0.2, -0.15) is 5.26 Å². The maximum absolute atomic E-state index is 9.84. The van der Waals surface area contributed by atoms with Crippen molar-refractivity contribution >= 4 is 21.9 Å². The van der Waals surface area contributed by atoms with Crippen LogP contribution in [0.15, 0.2) is 10.6 Å². The molecule has 0 aliphatic rings. The fourth-order valence-electron chi connectivity index (χ4n) is 0.119. The predicted octanol–water partition coefficient (Wildman–Crippen LogP) is 0.873. The van der Waals surface area contributed by atoms with E-state index in [2.05, 4.69) is 15.9 Å². The standard InChI is InChI=1S/C4H2BrNO2/c5-1-3(2-6)4(7)8/h1H,(H,7,8). The van der Waals surface area contributed by atoms with Gasteiger partial charge in [0.1, 0.15) is 11.6 Å². The number of hydrogen-bond acceptors (Lipinski definition) is 2. The number of rotatable bonds is 1. The molecular weight excluding hydrogens is 174 g/mol. The number of nitrogens with zero attached hydrogens (tertiary/aromatic N) is 1. The van der Waals surface area contributed by atoms with E-state index in [9.17, 15) is 4.79 Å². The van der Waals surface area contributed by atoms with Crippen molar-refractivity contribution in [2.45, 2.75) is 0 Å². The van der Waals surface area contributed by atoms with Crippen molar-refractivity contribution in [2.75, 3.05) is 0 Å². The van der Waals surface area contributed by atoms with E-state index in [-0.39, 0.29) is 5.57 Å². The molecule has 0 bridgehead atoms. The highest BCUT2D eigenvalue weighted by Gasteiger charge is 2.01. The fourth-order valence-corrected chi connectivity index (χ4v) is 0.417. The predicted molar refractivity (Wildman–Crippen MR) is 30.3 cm³/mol. The average molecular weight is 176 g/mol. The molecule has 0 saturated heterocycles. The molecule has 0 saturated carbocycles. The molecule has 0 aliphatic heterocycles. The molecule has 0 amide bonds. The van der Waals surface area contributed by atoms with Crippen molar-refractivity contribution in [2.24, 2.45) is 0 Å². The second kappa shape index (κ2) is 3.22. The lowest BCUT2D eigenvalue weighted by molar-refractivity contribution is -0.132. The Balaban J connectivity index is 4.20. The third-order valence-corrected chi connectivity index (χ3v) is 0.918. The van der Waals surface area contributed by atoms with E-state index in [1.807, 2.05) is 0 Å². The summed E-state index contributed by atoms with van der Waals surface area (Å²) in [7, 11) is 0. The summed E-state index contributed by atoms with van der Waals surface area (Å²) in [6, 6.07) is 1.47. The SMILES string of the molecule is N#CC(=CBr)C(=O)O. The first-order valence-corrected chi connectivity index (χ1v) is 2.57. The number of nitriles is 1. The van der Waals surface area contributed by atoms with Gasteiger partial charge in [0.2, 0.25) is 0 Å². The molecule has 8 heavy (non-hydrogen) atoms. The molecular formula is C4H2BrNO2. The first kappa shape index (κ1) is 7.18. The zero-order valence-electron chi connectivity index (χ0n) is 3.76. The van der Waals surface area contributed by atoms with Gasteiger partial charge in [-0.25, -0.2) is 4.79 Å². The van der Waals surface area contributed by atoms with Crippen molar-refractivity contribution < 1.29 is 9.90 Å². The first-order chi connectivity index (χ1) is 3.72. The Labute approximate surface area is 54.4 Å². The summed E-state index contributed by atoms with van der Waals surface area (Å²) >= 11 is 2.71. The third-order valence-electron chi connectivity index (χ3n) is 0.460. The van der Waals surface area contributed by atoms with Gasteiger partial charge in [-0.05, 0) is 0 Å². The van der Waals surface area contributed by atoms with Gasteiger partial charge in [-0.3, -0.25) is 0 Å². The summed E-state index contributed by atoms with van der Waals surface area (Å²) in [5.41, 5.74) is -0.301. The third kappa shape index (κ3) is 1.76. The summed E-state index contributed by atoms with van der Waals surface area (Å²) in [4.78, 5) is 10.9. The largest absolute Gasteiger partial charge is 0.477 e. The lowest BCUT2D eigenvalue weighted by Crippen LogP contribution is -1.95. The molecule has 0 atom stereocenters. The highest BCUT2D eigenvalue weighted by molar-refractivity contribution is 9.11. The molecule has 0 aliphatic carbocycles. The summed E-state index contributed by atoms with van der Waals surface area (Å²) in [5, 5.41) is 16.0. The van der Waals surface area contributed by atoms with E-state index in [1.54, 1.807) is 0 Å². The van der Waals surface area contributed by atoms with Crippen LogP contribution >= 0.6 is 15.9 Å². The van der Waals surface area contributed by atoms with Gasteiger partial charge in [0.05, 0.1) is 0 Å². The molecule has 0 heterocycles. The van der Waals surface area contributed by atoms with Gasteiger partial charge >= 0.3 is 5.97 Å². The lowest BCUT2D eigenvalue weighted by Gasteiger charge is -1.79. The second-order valence-electron chi connectivity index (χ2n) is 0.940. The van der Waals surface area contributed by atoms with E-state index >= 15 is 0 Å². The van der Waals surface area contributed by atoms with Crippen LogP contribution in [0.2, 0.25) is 0 Å². The van der Waals surface area contributed by atoms with Crippen molar-refractivity contribution in [3.8, 4) is 6.07 Å². The number of hydrogen-bond donors (Lipinski definition) is 1. The molecule has 0 aromatic heterocycles. The van der Waals surface area contributed by atoms with E-state index in [1.165, 1.54) is 6.07 Å². The number of aliphatic carboxylic acids is 1. The first-order valence-electron chi connectivity index (χ1n) is 1.66. The van der Waals surface area contributed by atoms with Crippen LogP contribution in [-0.2, 0) is 4.79 Å². The lowest BCUT2D eigenvalue weighted by atomic mass is 10.4. The quantitative estimate of drug-likeness (QED) is 0.476. The van der Waals surface area contributed by atoms with Crippen LogP contribution in [0.4, 0.5) is 0 Å². The van der Waals surface area contributed by atoms with Crippen LogP contribution in [0.25, 0.3) is 0 Å². The summed E-state index contributed by atoms with van der Waals surface area (Å²) in [5.74, 6) is -1.22. The van der Waals surface area contributed by atoms with Crippen LogP contribution in [0.5, 0.6) is 0 Å². The Morgan fingerprint density at radius 2 is 2.38 bits per heavy atom. The Morgan fingerprint density at radius 3 is 2.38 bits per heavy atom. The van der Waals surface area contributed by atoms with Gasteiger partial charge in [-0.1, -0.05) is 15.9 Å². The summed E-state index contributed by atoms with van der Waals surface area (Å²) in [6.07, 6.45) is 0. The zero-order chi connectivity index (χ0) is 6.57. The van der Waals surface area contributed by atoms with Gasteiger partial charge < -0.3 is 5.11 Å². The molecule has 42 valence electrons. The van der Waals surface area contributed by atoms with E-state index in [0.29, 0.717) is 0 Å². The molecule has 0 aromatic carbocycles. The highest BCUT2D eigenvalue weighted by atomic mass is 79.9. The molecule has 0 radical (unpaired) electrons. The summed E-state index contributed by atoms with van der Waals surface area (Å²) in [6.45, 7) is 0. The highest BCUT2D eigenvalue weighted by Crippen LogP contribution is 1.95. The molecule has 0 unspecified atom stereocenters. The number of carbonyl (C=O) groups is 1. The van der Waals surface area contributed by atoms with E-state index in [4.69, 9.17) is 10.4 Å². The van der Waals surface area contributed by atoms with Crippen molar-refractivity contribution in [1.29, 1.82) is 5.26 Å². The van der Waals surface area contributed by atoms with Crippen molar-refractivity contribution in [1.82, 2.24) is 0 Å². The minimum atomic E-state index is -1.22. The van der Waals surface area contributed by atoms with Gasteiger partial charge in [-0.15, -0.1) is 0 Å². The molecule has 0 spiro atoms. The Morgan fingerprint density at radius 1 is 1.88 bits per heavy atom. The molecule has 3 nitrogen and oxygen atoms in total. The van der Waals surface area contributed by atoms with Gasteiger partial charge in [0.15, 0.2) is 0 Å². The summed E-state index contributed by atoms with van der Waals surface area (Å²) < 4.78 is 0. The Kier molecular flexibility index (Phi) is 2.89. The minimum Gasteiger partial charge on any atom is -0.477 e. The van der Waals surface area contributed by atoms with Crippen molar-refractivity contribution in [3.63, 3.8) is 0 Å². The van der Waals surface area contributed by atoms with Crippen LogP contribution in [0, 0.1) is 11.3 Å². The van der Waals surface area contributed by atoms with Gasteiger partial charge in [0, 0.05) is 4.99 Å². The molecule has 0 fully saturated rings. The topological polar surface area (TPSA) is 61.1 Å². The van der Waals surface area contributed by atoms with Crippen LogP contribution in [0.1, 0.15) is 0 Å². The minimum absolute atomic E-state index is 0.301. The second-order valence-corrected chi connectivity index (χ2v) is 1.40. The molecule has 4 heteroatoms. The Hall–Kier alpha value is -0.820. The average Bonchev–Trinajstić information content (AvgIpc) is 1.69. The number of halogens is 1. The monoisotopic (exact) mass is 175 g/mol. The number of carboxylic acids is 1. The van der Waals surface area contributed by atoms with Gasteiger partial charge in [0.25, 0.3) is 0 Å². The maximum Gasteiger partial charge on any atom is 0.346 e. The molecule has 0 aromatic rings. The van der Waals surface area contributed by atoms with Crippen LogP contribution in [-0.4, -0.2) is 11.1 Å². The normalized spacial score (nSPS) is 10.2. The van der Waals surface area contributed by atoms with Crippen LogP contribution in [0.3, 0.4) is 0 Å². The fraction of sp³-hybridized carbons (Fsp3) is 0. The zero-order valence-corrected chi connectivity index (χ0v) is 5.34. The maximum atomic E-state index is 9.84. The number of carboxylic acid groups (broad SMARTS) is 1. The van der Waals surface area contributed by atoms with E-state index in [0.717, 1.165) is 4.99 Å².